The van der Waals surface area contributed by atoms with Gasteiger partial charge in [0.2, 0.25) is 5.91 Å². The van der Waals surface area contributed by atoms with Gasteiger partial charge in [-0.2, -0.15) is 0 Å². The van der Waals surface area contributed by atoms with E-state index in [1.807, 2.05) is 0 Å². The maximum atomic E-state index is 13.4. The third-order valence-electron chi connectivity index (χ3n) is 5.31. The molecular weight excluding hydrogens is 396 g/mol. The zero-order chi connectivity index (χ0) is 21.3. The molecule has 2 atom stereocenters. The minimum absolute atomic E-state index is 0.0725. The van der Waals surface area contributed by atoms with Crippen LogP contribution in [0.4, 0.5) is 19.4 Å². The van der Waals surface area contributed by atoms with Crippen molar-refractivity contribution < 1.29 is 18.4 Å². The van der Waals surface area contributed by atoms with Gasteiger partial charge in [0.15, 0.2) is 0 Å². The summed E-state index contributed by atoms with van der Waals surface area (Å²) in [4.78, 5) is 33.3. The summed E-state index contributed by atoms with van der Waals surface area (Å²) in [5.41, 5.74) is 5.80. The van der Waals surface area contributed by atoms with Gasteiger partial charge in [0.1, 0.15) is 17.7 Å². The first kappa shape index (κ1) is 20.1. The monoisotopic (exact) mass is 419 g/mol. The van der Waals surface area contributed by atoms with Crippen molar-refractivity contribution in [1.82, 2.24) is 25.4 Å². The number of alkyl halides is 2. The molecule has 0 radical (unpaired) electrons. The van der Waals surface area contributed by atoms with E-state index in [9.17, 15) is 18.4 Å². The van der Waals surface area contributed by atoms with Crippen LogP contribution < -0.4 is 21.7 Å². The molecular formula is C19H23F2N7O2. The highest BCUT2D eigenvalue weighted by Gasteiger charge is 2.42. The number of nitrogens with two attached hydrogens (primary N) is 1. The molecule has 4 rings (SSSR count). The number of aromatic nitrogens is 1. The smallest absolute Gasteiger partial charge is 0.328 e. The molecule has 160 valence electrons. The van der Waals surface area contributed by atoms with E-state index >= 15 is 0 Å². The van der Waals surface area contributed by atoms with Gasteiger partial charge in [-0.15, -0.1) is 0 Å². The highest BCUT2D eigenvalue weighted by molar-refractivity contribution is 5.91. The Morgan fingerprint density at radius 3 is 2.93 bits per heavy atom. The average Bonchev–Trinajstić information content (AvgIpc) is 3.16. The zero-order valence-electron chi connectivity index (χ0n) is 16.1. The van der Waals surface area contributed by atoms with Crippen LogP contribution in [-0.2, 0) is 4.79 Å². The van der Waals surface area contributed by atoms with Gasteiger partial charge in [-0.25, -0.2) is 18.6 Å². The third kappa shape index (κ3) is 3.92. The molecule has 4 heterocycles. The minimum Gasteiger partial charge on any atom is -0.366 e. The standard InChI is InChI=1S/C19H23F2N7O2/c20-19(21,10-22)11-24-17(29)13-4-5-14-16(25-13)28(12-6-8-27(14)9-12)18(30)26-15-3-1-2-7-23-15/h1-5,7,12-13,25H,6,8-11,22H2,(H,24,29)(H,23,26,30)/t12-,13?/m0/s1. The Kier molecular flexibility index (Phi) is 5.29. The Morgan fingerprint density at radius 1 is 1.37 bits per heavy atom. The number of hydrogen-bond acceptors (Lipinski definition) is 6. The van der Waals surface area contributed by atoms with Crippen molar-refractivity contribution in [1.29, 1.82) is 0 Å². The molecule has 2 bridgehead atoms. The van der Waals surface area contributed by atoms with E-state index in [0.29, 0.717) is 18.2 Å². The molecule has 1 aromatic heterocycles. The number of pyridine rings is 1. The molecule has 0 aromatic carbocycles. The quantitative estimate of drug-likeness (QED) is 0.550. The molecule has 3 amide bonds. The SMILES string of the molecule is NCC(F)(F)CNC(=O)C1C=CC2=C(N1)N(C(=O)Nc1ccccn1)[C@H]1CCN2C1. The number of anilines is 1. The number of carbonyl (C=O) groups excluding carboxylic acids is 2. The minimum atomic E-state index is -3.18. The van der Waals surface area contributed by atoms with Gasteiger partial charge in [-0.1, -0.05) is 12.1 Å². The first-order valence-corrected chi connectivity index (χ1v) is 9.69. The van der Waals surface area contributed by atoms with Gasteiger partial charge >= 0.3 is 6.03 Å². The second-order valence-electron chi connectivity index (χ2n) is 7.40. The Labute approximate surface area is 172 Å². The van der Waals surface area contributed by atoms with Crippen LogP contribution in [0.2, 0.25) is 0 Å². The average molecular weight is 419 g/mol. The fourth-order valence-corrected chi connectivity index (χ4v) is 3.76. The summed E-state index contributed by atoms with van der Waals surface area (Å²) in [7, 11) is 0. The summed E-state index contributed by atoms with van der Waals surface area (Å²) in [6, 6.07) is 3.86. The molecule has 9 nitrogen and oxygen atoms in total. The molecule has 0 aliphatic carbocycles. The van der Waals surface area contributed by atoms with E-state index in [-0.39, 0.29) is 12.1 Å². The number of amides is 3. The number of hydrogen-bond donors (Lipinski definition) is 4. The van der Waals surface area contributed by atoms with Crippen LogP contribution in [-0.4, -0.2) is 70.9 Å². The molecule has 0 spiro atoms. The van der Waals surface area contributed by atoms with Crippen molar-refractivity contribution in [3.63, 3.8) is 0 Å². The van der Waals surface area contributed by atoms with Crippen molar-refractivity contribution in [3.8, 4) is 0 Å². The topological polar surface area (TPSA) is 116 Å². The number of urea groups is 1. The zero-order valence-corrected chi connectivity index (χ0v) is 16.1. The second kappa shape index (κ2) is 7.90. The third-order valence-corrected chi connectivity index (χ3v) is 5.31. The number of carbonyl (C=O) groups is 2. The maximum absolute atomic E-state index is 13.4. The molecule has 30 heavy (non-hydrogen) atoms. The van der Waals surface area contributed by atoms with Crippen LogP contribution in [0.25, 0.3) is 0 Å². The van der Waals surface area contributed by atoms with Crippen molar-refractivity contribution in [2.75, 3.05) is 31.5 Å². The van der Waals surface area contributed by atoms with E-state index in [4.69, 9.17) is 5.73 Å². The van der Waals surface area contributed by atoms with Crippen LogP contribution >= 0.6 is 0 Å². The molecule has 1 fully saturated rings. The van der Waals surface area contributed by atoms with Crippen LogP contribution in [0.1, 0.15) is 6.42 Å². The number of allylic oxidation sites excluding steroid dienone is 1. The van der Waals surface area contributed by atoms with Gasteiger partial charge in [0.05, 0.1) is 24.8 Å². The lowest BCUT2D eigenvalue weighted by atomic mass is 10.1. The van der Waals surface area contributed by atoms with Crippen molar-refractivity contribution in [3.05, 3.63) is 48.1 Å². The van der Waals surface area contributed by atoms with E-state index < -0.39 is 31.0 Å². The van der Waals surface area contributed by atoms with Crippen molar-refractivity contribution >= 4 is 17.8 Å². The summed E-state index contributed by atoms with van der Waals surface area (Å²) in [5, 5.41) is 8.02. The van der Waals surface area contributed by atoms with Crippen molar-refractivity contribution in [2.24, 2.45) is 5.73 Å². The van der Waals surface area contributed by atoms with Gasteiger partial charge in [0, 0.05) is 19.3 Å². The number of nitrogens with one attached hydrogen (secondary N) is 3. The predicted octanol–water partition coefficient (Wildman–Crippen LogP) is 0.411. The molecule has 0 saturated carbocycles. The van der Waals surface area contributed by atoms with Crippen LogP contribution in [0.3, 0.4) is 0 Å². The van der Waals surface area contributed by atoms with E-state index in [0.717, 1.165) is 18.7 Å². The van der Waals surface area contributed by atoms with Crippen molar-refractivity contribution in [2.45, 2.75) is 24.4 Å². The molecule has 1 saturated heterocycles. The summed E-state index contributed by atoms with van der Waals surface area (Å²) in [6.45, 7) is -0.240. The Morgan fingerprint density at radius 2 is 2.20 bits per heavy atom. The largest absolute Gasteiger partial charge is 0.366 e. The second-order valence-corrected chi connectivity index (χ2v) is 7.40. The Bertz CT molecular complexity index is 890. The Balaban J connectivity index is 1.51. The summed E-state index contributed by atoms with van der Waals surface area (Å²) in [5.74, 6) is -2.91. The highest BCUT2D eigenvalue weighted by atomic mass is 19.3. The van der Waals surface area contributed by atoms with Crippen LogP contribution in [0.5, 0.6) is 0 Å². The predicted molar refractivity (Wildman–Crippen MR) is 105 cm³/mol. The fraction of sp³-hybridized carbons (Fsp3) is 0.421. The highest BCUT2D eigenvalue weighted by Crippen LogP contribution is 2.33. The van der Waals surface area contributed by atoms with Gasteiger partial charge in [-0.3, -0.25) is 15.0 Å². The lowest BCUT2D eigenvalue weighted by molar-refractivity contribution is -0.123. The first-order chi connectivity index (χ1) is 14.4. The molecule has 5 N–H and O–H groups in total. The first-order valence-electron chi connectivity index (χ1n) is 9.69. The summed E-state index contributed by atoms with van der Waals surface area (Å²) < 4.78 is 26.7. The van der Waals surface area contributed by atoms with E-state index in [2.05, 4.69) is 25.8 Å². The lowest BCUT2D eigenvalue weighted by Gasteiger charge is -2.40. The summed E-state index contributed by atoms with van der Waals surface area (Å²) >= 11 is 0. The Hall–Kier alpha value is -3.21. The van der Waals surface area contributed by atoms with Gasteiger partial charge in [0.25, 0.3) is 5.92 Å². The molecule has 1 aromatic rings. The molecule has 3 aliphatic rings. The van der Waals surface area contributed by atoms with Crippen LogP contribution in [0, 0.1) is 0 Å². The molecule has 1 unspecified atom stereocenters. The number of fused-ring (bicyclic) bond motifs is 3. The van der Waals surface area contributed by atoms with E-state index in [1.165, 1.54) is 0 Å². The number of halogens is 2. The lowest BCUT2D eigenvalue weighted by Crippen LogP contribution is -2.56. The van der Waals surface area contributed by atoms with E-state index in [1.54, 1.807) is 41.4 Å². The fourth-order valence-electron chi connectivity index (χ4n) is 3.76. The van der Waals surface area contributed by atoms with Gasteiger partial charge in [-0.05, 0) is 24.6 Å². The molecule has 3 aliphatic heterocycles. The maximum Gasteiger partial charge on any atom is 0.328 e. The molecule has 11 heteroatoms. The summed E-state index contributed by atoms with van der Waals surface area (Å²) in [6.07, 6.45) is 5.70. The number of nitrogens with zero attached hydrogens (tertiary/aromatic N) is 3. The van der Waals surface area contributed by atoms with Gasteiger partial charge < -0.3 is 21.3 Å². The number of dihydropyridines is 1. The van der Waals surface area contributed by atoms with Crippen LogP contribution in [0.15, 0.2) is 48.1 Å². The normalized spacial score (nSPS) is 22.5. The number of rotatable bonds is 5.